The van der Waals surface area contributed by atoms with Crippen molar-refractivity contribution >= 4 is 0 Å². The lowest BCUT2D eigenvalue weighted by Crippen LogP contribution is -2.62. The third-order valence-electron chi connectivity index (χ3n) is 6.82. The zero-order valence-corrected chi connectivity index (χ0v) is 13.3. The average Bonchev–Trinajstić information content (AvgIpc) is 2.96. The van der Waals surface area contributed by atoms with E-state index in [1.165, 1.54) is 84.1 Å². The molecule has 0 aliphatic carbocycles. The lowest BCUT2D eigenvalue weighted by Gasteiger charge is -2.49. The van der Waals surface area contributed by atoms with E-state index in [0.717, 1.165) is 0 Å². The van der Waals surface area contributed by atoms with Gasteiger partial charge in [0.15, 0.2) is 0 Å². The Bertz CT molecular complexity index is 352. The van der Waals surface area contributed by atoms with Gasteiger partial charge in [0, 0.05) is 17.6 Å². The topological polar surface area (TPSA) is 48.1 Å². The van der Waals surface area contributed by atoms with E-state index in [-0.39, 0.29) is 0 Å². The van der Waals surface area contributed by atoms with Crippen molar-refractivity contribution in [1.29, 1.82) is 0 Å². The minimum Gasteiger partial charge on any atom is -0.317 e. The first kappa shape index (κ1) is 14.4. The third-order valence-corrected chi connectivity index (χ3v) is 6.82. The molecule has 3 atom stereocenters. The van der Waals surface area contributed by atoms with Gasteiger partial charge in [0.25, 0.3) is 0 Å². The van der Waals surface area contributed by atoms with Crippen LogP contribution in [-0.2, 0) is 0 Å². The maximum atomic E-state index is 3.86. The fourth-order valence-corrected chi connectivity index (χ4v) is 5.49. The Morgan fingerprint density at radius 2 is 1.38 bits per heavy atom. The quantitative estimate of drug-likeness (QED) is 0.582. The van der Waals surface area contributed by atoms with Crippen LogP contribution in [0.15, 0.2) is 0 Å². The summed E-state index contributed by atoms with van der Waals surface area (Å²) >= 11 is 0. The molecule has 4 aliphatic rings. The van der Waals surface area contributed by atoms with Gasteiger partial charge in [0.1, 0.15) is 0 Å². The zero-order valence-electron chi connectivity index (χ0n) is 13.3. The van der Waals surface area contributed by atoms with Crippen LogP contribution in [-0.4, -0.2) is 50.3 Å². The van der Waals surface area contributed by atoms with Crippen molar-refractivity contribution < 1.29 is 0 Å². The molecule has 0 aromatic carbocycles. The van der Waals surface area contributed by atoms with Gasteiger partial charge in [-0.3, -0.25) is 0 Å². The number of piperidine rings is 3. The molecule has 0 aromatic heterocycles. The van der Waals surface area contributed by atoms with Crippen LogP contribution in [0.1, 0.15) is 51.4 Å². The summed E-state index contributed by atoms with van der Waals surface area (Å²) in [6.07, 6.45) is 11.0. The van der Waals surface area contributed by atoms with Gasteiger partial charge >= 0.3 is 0 Å². The molecule has 0 saturated carbocycles. The summed E-state index contributed by atoms with van der Waals surface area (Å²) in [5.74, 6) is 0. The highest BCUT2D eigenvalue weighted by molar-refractivity contribution is 5.05. The Balaban J connectivity index is 1.43. The Kier molecular flexibility index (Phi) is 3.99. The second kappa shape index (κ2) is 5.80. The summed E-state index contributed by atoms with van der Waals surface area (Å²) in [6, 6.07) is 1.37. The Labute approximate surface area is 129 Å². The predicted octanol–water partition coefficient (Wildman–Crippen LogP) is 0.982. The summed E-state index contributed by atoms with van der Waals surface area (Å²) in [4.78, 5) is 0. The molecule has 21 heavy (non-hydrogen) atoms. The van der Waals surface area contributed by atoms with Crippen molar-refractivity contribution in [3.63, 3.8) is 0 Å². The van der Waals surface area contributed by atoms with Crippen LogP contribution in [0.2, 0.25) is 0 Å². The normalized spacial score (nSPS) is 43.4. The first-order valence-electron chi connectivity index (χ1n) is 9.22. The fourth-order valence-electron chi connectivity index (χ4n) is 5.49. The van der Waals surface area contributed by atoms with E-state index in [0.29, 0.717) is 23.0 Å². The van der Waals surface area contributed by atoms with Gasteiger partial charge in [-0.15, -0.1) is 0 Å². The smallest absolute Gasteiger partial charge is 0.0238 e. The molecule has 0 amide bonds. The van der Waals surface area contributed by atoms with Crippen LogP contribution < -0.4 is 21.3 Å². The summed E-state index contributed by atoms with van der Waals surface area (Å²) in [5, 5.41) is 15.1. The molecule has 0 radical (unpaired) electrons. The monoisotopic (exact) mass is 292 g/mol. The van der Waals surface area contributed by atoms with E-state index in [9.17, 15) is 0 Å². The summed E-state index contributed by atoms with van der Waals surface area (Å²) in [5.41, 5.74) is 1.10. The molecule has 4 aliphatic heterocycles. The molecule has 0 aromatic rings. The summed E-state index contributed by atoms with van der Waals surface area (Å²) in [7, 11) is 0. The van der Waals surface area contributed by atoms with Gasteiger partial charge in [0.2, 0.25) is 0 Å². The Morgan fingerprint density at radius 3 is 2.14 bits per heavy atom. The standard InChI is InChI=1S/C17H32N4/c1-2-17(21-7-1)6-11-20-15(13-17)14-12-16(5-10-19-14)3-8-18-9-4-16/h14-15,18-21H,1-13H2. The maximum absolute atomic E-state index is 3.86. The molecule has 4 rings (SSSR count). The van der Waals surface area contributed by atoms with Crippen LogP contribution in [0.5, 0.6) is 0 Å². The van der Waals surface area contributed by atoms with Gasteiger partial charge in [-0.1, -0.05) is 0 Å². The molecule has 4 saturated heterocycles. The van der Waals surface area contributed by atoms with Crippen molar-refractivity contribution in [2.45, 2.75) is 69.0 Å². The van der Waals surface area contributed by atoms with Crippen molar-refractivity contribution in [2.75, 3.05) is 32.7 Å². The highest BCUT2D eigenvalue weighted by Gasteiger charge is 2.44. The minimum atomic E-state index is 0.469. The van der Waals surface area contributed by atoms with Crippen LogP contribution in [0.25, 0.3) is 0 Å². The van der Waals surface area contributed by atoms with Crippen molar-refractivity contribution in [1.82, 2.24) is 21.3 Å². The number of rotatable bonds is 1. The molecule has 4 heterocycles. The first-order valence-corrected chi connectivity index (χ1v) is 9.22. The van der Waals surface area contributed by atoms with Crippen molar-refractivity contribution in [3.8, 4) is 0 Å². The fraction of sp³-hybridized carbons (Fsp3) is 1.00. The van der Waals surface area contributed by atoms with Crippen molar-refractivity contribution in [2.24, 2.45) is 5.41 Å². The van der Waals surface area contributed by atoms with Gasteiger partial charge < -0.3 is 21.3 Å². The molecule has 2 spiro atoms. The predicted molar refractivity (Wildman–Crippen MR) is 86.6 cm³/mol. The zero-order chi connectivity index (χ0) is 14.2. The Morgan fingerprint density at radius 1 is 0.667 bits per heavy atom. The number of hydrogen-bond donors (Lipinski definition) is 4. The lowest BCUT2D eigenvalue weighted by molar-refractivity contribution is 0.0851. The molecular formula is C17H32N4. The minimum absolute atomic E-state index is 0.469. The Hall–Kier alpha value is -0.160. The van der Waals surface area contributed by atoms with Crippen LogP contribution in [0, 0.1) is 5.41 Å². The van der Waals surface area contributed by atoms with Crippen LogP contribution >= 0.6 is 0 Å². The van der Waals surface area contributed by atoms with Crippen molar-refractivity contribution in [3.05, 3.63) is 0 Å². The average molecular weight is 292 g/mol. The van der Waals surface area contributed by atoms with E-state index < -0.39 is 0 Å². The van der Waals surface area contributed by atoms with E-state index in [2.05, 4.69) is 21.3 Å². The molecule has 120 valence electrons. The lowest BCUT2D eigenvalue weighted by atomic mass is 9.67. The van der Waals surface area contributed by atoms with E-state index in [1.807, 2.05) is 0 Å². The second-order valence-electron chi connectivity index (χ2n) is 8.09. The molecular weight excluding hydrogens is 260 g/mol. The van der Waals surface area contributed by atoms with Gasteiger partial charge in [-0.05, 0) is 89.5 Å². The van der Waals surface area contributed by atoms with Crippen LogP contribution in [0.3, 0.4) is 0 Å². The second-order valence-corrected chi connectivity index (χ2v) is 8.09. The van der Waals surface area contributed by atoms with Gasteiger partial charge in [0.05, 0.1) is 0 Å². The summed E-state index contributed by atoms with van der Waals surface area (Å²) < 4.78 is 0. The molecule has 4 fully saturated rings. The third kappa shape index (κ3) is 2.88. The maximum Gasteiger partial charge on any atom is 0.0238 e. The van der Waals surface area contributed by atoms with Gasteiger partial charge in [-0.2, -0.15) is 0 Å². The highest BCUT2D eigenvalue weighted by atomic mass is 15.1. The molecule has 3 unspecified atom stereocenters. The molecule has 4 N–H and O–H groups in total. The SMILES string of the molecule is C1CNC2(C1)CCNC(C1CC3(CCNCC3)CCN1)C2. The molecule has 0 bridgehead atoms. The van der Waals surface area contributed by atoms with E-state index in [4.69, 9.17) is 0 Å². The van der Waals surface area contributed by atoms with E-state index in [1.54, 1.807) is 0 Å². The number of nitrogens with one attached hydrogen (secondary N) is 4. The molecule has 4 nitrogen and oxygen atoms in total. The highest BCUT2D eigenvalue weighted by Crippen LogP contribution is 2.41. The van der Waals surface area contributed by atoms with E-state index >= 15 is 0 Å². The van der Waals surface area contributed by atoms with Gasteiger partial charge in [-0.25, -0.2) is 0 Å². The van der Waals surface area contributed by atoms with Crippen LogP contribution in [0.4, 0.5) is 0 Å². The first-order chi connectivity index (χ1) is 10.3. The summed E-state index contributed by atoms with van der Waals surface area (Å²) in [6.45, 7) is 6.13. The largest absolute Gasteiger partial charge is 0.317 e. The molecule has 4 heteroatoms. The number of hydrogen-bond acceptors (Lipinski definition) is 4.